The fourth-order valence-electron chi connectivity index (χ4n) is 3.10. The molecule has 2 aliphatic rings. The van der Waals surface area contributed by atoms with E-state index in [9.17, 15) is 4.79 Å². The van der Waals surface area contributed by atoms with Crippen LogP contribution in [0.25, 0.3) is 0 Å². The molecule has 1 aliphatic carbocycles. The van der Waals surface area contributed by atoms with Gasteiger partial charge in [0.15, 0.2) is 0 Å². The summed E-state index contributed by atoms with van der Waals surface area (Å²) in [5.74, 6) is 1.32. The first kappa shape index (κ1) is 12.3. The van der Waals surface area contributed by atoms with E-state index >= 15 is 0 Å². The van der Waals surface area contributed by atoms with Crippen LogP contribution in [-0.4, -0.2) is 29.6 Å². The molecule has 0 N–H and O–H groups in total. The molecule has 0 bridgehead atoms. The molecule has 0 spiro atoms. The quantitative estimate of drug-likeness (QED) is 0.753. The molecule has 0 unspecified atom stereocenters. The molecular formula is C13H23NOS. The summed E-state index contributed by atoms with van der Waals surface area (Å²) in [7, 11) is 0. The van der Waals surface area contributed by atoms with Gasteiger partial charge in [-0.05, 0) is 36.9 Å². The molecule has 2 fully saturated rings. The lowest BCUT2D eigenvalue weighted by molar-refractivity contribution is -0.132. The van der Waals surface area contributed by atoms with Crippen molar-refractivity contribution in [2.45, 2.75) is 51.4 Å². The van der Waals surface area contributed by atoms with Crippen molar-refractivity contribution in [2.75, 3.05) is 18.8 Å². The Balaban J connectivity index is 1.97. The Hall–Kier alpha value is -0.180. The van der Waals surface area contributed by atoms with E-state index < -0.39 is 0 Å². The summed E-state index contributed by atoms with van der Waals surface area (Å²) in [6.45, 7) is 1.95. The summed E-state index contributed by atoms with van der Waals surface area (Å²) < 4.78 is 0. The molecule has 0 aromatic rings. The second-order valence-electron chi connectivity index (χ2n) is 5.49. The van der Waals surface area contributed by atoms with Gasteiger partial charge in [0.2, 0.25) is 5.91 Å². The molecule has 1 aliphatic heterocycles. The predicted molar refractivity (Wildman–Crippen MR) is 69.8 cm³/mol. The largest absolute Gasteiger partial charge is 0.342 e. The molecule has 1 amide bonds. The van der Waals surface area contributed by atoms with E-state index in [2.05, 4.69) is 17.5 Å². The van der Waals surface area contributed by atoms with Crippen LogP contribution in [0.1, 0.15) is 51.4 Å². The zero-order valence-corrected chi connectivity index (χ0v) is 11.0. The van der Waals surface area contributed by atoms with Crippen LogP contribution in [-0.2, 0) is 4.79 Å². The smallest absolute Gasteiger partial charge is 0.222 e. The minimum absolute atomic E-state index is 0.336. The number of hydrogen-bond acceptors (Lipinski definition) is 2. The topological polar surface area (TPSA) is 20.3 Å². The van der Waals surface area contributed by atoms with Gasteiger partial charge in [-0.15, -0.1) is 0 Å². The first-order valence-electron chi connectivity index (χ1n) is 6.64. The van der Waals surface area contributed by atoms with E-state index in [1.807, 2.05) is 0 Å². The molecule has 0 radical (unpaired) electrons. The highest BCUT2D eigenvalue weighted by Gasteiger charge is 2.35. The molecule has 3 heteroatoms. The molecule has 0 atom stereocenters. The fourth-order valence-corrected chi connectivity index (χ4v) is 3.52. The number of likely N-dealkylation sites (tertiary alicyclic amines) is 1. The van der Waals surface area contributed by atoms with Crippen molar-refractivity contribution in [3.8, 4) is 0 Å². The highest BCUT2D eigenvalue weighted by Crippen LogP contribution is 2.40. The van der Waals surface area contributed by atoms with Crippen molar-refractivity contribution in [2.24, 2.45) is 5.41 Å². The summed E-state index contributed by atoms with van der Waals surface area (Å²) in [5, 5.41) is 0. The molecule has 1 saturated heterocycles. The predicted octanol–water partition coefficient (Wildman–Crippen LogP) is 2.88. The van der Waals surface area contributed by atoms with E-state index in [1.165, 1.54) is 38.5 Å². The third-order valence-electron chi connectivity index (χ3n) is 4.20. The molecule has 1 saturated carbocycles. The van der Waals surface area contributed by atoms with Gasteiger partial charge < -0.3 is 4.90 Å². The molecule has 2 nitrogen and oxygen atoms in total. The van der Waals surface area contributed by atoms with E-state index in [4.69, 9.17) is 0 Å². The molecule has 0 aromatic carbocycles. The van der Waals surface area contributed by atoms with E-state index in [0.717, 1.165) is 31.7 Å². The molecular weight excluding hydrogens is 218 g/mol. The van der Waals surface area contributed by atoms with Crippen molar-refractivity contribution >= 4 is 18.5 Å². The van der Waals surface area contributed by atoms with Crippen LogP contribution in [0.3, 0.4) is 0 Å². The normalized spacial score (nSPS) is 25.8. The highest BCUT2D eigenvalue weighted by atomic mass is 32.1. The molecule has 92 valence electrons. The first-order valence-corrected chi connectivity index (χ1v) is 7.28. The Morgan fingerprint density at radius 3 is 2.56 bits per heavy atom. The minimum atomic E-state index is 0.336. The summed E-state index contributed by atoms with van der Waals surface area (Å²) in [6, 6.07) is 0. The maximum atomic E-state index is 12.0. The SMILES string of the molecule is O=C1CCCCCN1CC1(CS)CCCC1. The van der Waals surface area contributed by atoms with Gasteiger partial charge in [-0.3, -0.25) is 4.79 Å². The number of hydrogen-bond donors (Lipinski definition) is 1. The van der Waals surface area contributed by atoms with Crippen LogP contribution in [0.2, 0.25) is 0 Å². The van der Waals surface area contributed by atoms with Gasteiger partial charge in [-0.1, -0.05) is 19.3 Å². The molecule has 2 rings (SSSR count). The van der Waals surface area contributed by atoms with Crippen LogP contribution < -0.4 is 0 Å². The number of nitrogens with zero attached hydrogens (tertiary/aromatic N) is 1. The molecule has 1 heterocycles. The van der Waals surface area contributed by atoms with Crippen LogP contribution in [0.15, 0.2) is 0 Å². The van der Waals surface area contributed by atoms with Crippen LogP contribution in [0.4, 0.5) is 0 Å². The Bertz CT molecular complexity index is 248. The van der Waals surface area contributed by atoms with Crippen LogP contribution >= 0.6 is 12.6 Å². The second-order valence-corrected chi connectivity index (χ2v) is 5.81. The maximum absolute atomic E-state index is 12.0. The lowest BCUT2D eigenvalue weighted by atomic mass is 9.87. The Kier molecular flexibility index (Phi) is 4.17. The number of amides is 1. The third kappa shape index (κ3) is 2.73. The fraction of sp³-hybridized carbons (Fsp3) is 0.923. The minimum Gasteiger partial charge on any atom is -0.342 e. The summed E-state index contributed by atoms with van der Waals surface area (Å²) >= 11 is 4.52. The van der Waals surface area contributed by atoms with Crippen molar-refractivity contribution in [1.82, 2.24) is 4.90 Å². The number of rotatable bonds is 3. The Morgan fingerprint density at radius 1 is 1.12 bits per heavy atom. The van der Waals surface area contributed by atoms with Gasteiger partial charge in [-0.2, -0.15) is 12.6 Å². The van der Waals surface area contributed by atoms with E-state index in [-0.39, 0.29) is 0 Å². The lowest BCUT2D eigenvalue weighted by Crippen LogP contribution is -2.41. The van der Waals surface area contributed by atoms with E-state index in [0.29, 0.717) is 11.3 Å². The monoisotopic (exact) mass is 241 g/mol. The zero-order chi connectivity index (χ0) is 11.4. The van der Waals surface area contributed by atoms with Crippen molar-refractivity contribution in [3.05, 3.63) is 0 Å². The zero-order valence-electron chi connectivity index (χ0n) is 10.1. The maximum Gasteiger partial charge on any atom is 0.222 e. The van der Waals surface area contributed by atoms with Crippen molar-refractivity contribution in [3.63, 3.8) is 0 Å². The van der Waals surface area contributed by atoms with Crippen LogP contribution in [0, 0.1) is 5.41 Å². The Labute approximate surface area is 104 Å². The van der Waals surface area contributed by atoms with Gasteiger partial charge in [0.25, 0.3) is 0 Å². The average molecular weight is 241 g/mol. The lowest BCUT2D eigenvalue weighted by Gasteiger charge is -2.33. The van der Waals surface area contributed by atoms with Gasteiger partial charge in [0.05, 0.1) is 0 Å². The second kappa shape index (κ2) is 5.44. The van der Waals surface area contributed by atoms with Gasteiger partial charge in [0.1, 0.15) is 0 Å². The molecule has 16 heavy (non-hydrogen) atoms. The number of carbonyl (C=O) groups is 1. The first-order chi connectivity index (χ1) is 7.76. The summed E-state index contributed by atoms with van der Waals surface area (Å²) in [6.07, 6.45) is 9.43. The van der Waals surface area contributed by atoms with Gasteiger partial charge in [0, 0.05) is 19.5 Å². The van der Waals surface area contributed by atoms with E-state index in [1.54, 1.807) is 0 Å². The van der Waals surface area contributed by atoms with Crippen molar-refractivity contribution in [1.29, 1.82) is 0 Å². The highest BCUT2D eigenvalue weighted by molar-refractivity contribution is 7.80. The Morgan fingerprint density at radius 2 is 1.88 bits per heavy atom. The summed E-state index contributed by atoms with van der Waals surface area (Å²) in [5.41, 5.74) is 0.336. The number of carbonyl (C=O) groups excluding carboxylic acids is 1. The summed E-state index contributed by atoms with van der Waals surface area (Å²) in [4.78, 5) is 14.1. The average Bonchev–Trinajstić information content (AvgIpc) is 2.67. The van der Waals surface area contributed by atoms with Crippen molar-refractivity contribution < 1.29 is 4.79 Å². The number of thiol groups is 1. The van der Waals surface area contributed by atoms with Gasteiger partial charge >= 0.3 is 0 Å². The van der Waals surface area contributed by atoms with Gasteiger partial charge in [-0.25, -0.2) is 0 Å². The molecule has 0 aromatic heterocycles. The van der Waals surface area contributed by atoms with Crippen LogP contribution in [0.5, 0.6) is 0 Å². The third-order valence-corrected chi connectivity index (χ3v) is 4.87. The standard InChI is InChI=1S/C13H23NOS/c15-12-6-2-1-5-9-14(12)10-13(11-16)7-3-4-8-13/h16H,1-11H2.